The number of rotatable bonds is 1. The first-order chi connectivity index (χ1) is 11.7. The molecule has 0 amide bonds. The first-order valence-corrected chi connectivity index (χ1v) is 8.27. The zero-order valence-corrected chi connectivity index (χ0v) is 13.8. The maximum Gasteiger partial charge on any atom is 0.212 e. The normalized spacial score (nSPS) is 12.4. The average Bonchev–Trinajstić information content (AvgIpc) is 3.10. The number of fused-ring (bicyclic) bond motifs is 5. The SMILES string of the molecule is Cc1cc2c(cc1-c1cccc[n+]1C)nc1n2-c2ccccc2C1. The van der Waals surface area contributed by atoms with Crippen LogP contribution in [0.4, 0.5) is 0 Å². The summed E-state index contributed by atoms with van der Waals surface area (Å²) in [6, 6.07) is 19.4. The van der Waals surface area contributed by atoms with Crippen LogP contribution >= 0.6 is 0 Å². The number of aryl methyl sites for hydroxylation is 2. The maximum atomic E-state index is 4.92. The molecule has 1 aliphatic rings. The van der Waals surface area contributed by atoms with Gasteiger partial charge in [-0.1, -0.05) is 18.2 Å². The lowest BCUT2D eigenvalue weighted by Crippen LogP contribution is -2.30. The van der Waals surface area contributed by atoms with Gasteiger partial charge in [-0.05, 0) is 42.3 Å². The van der Waals surface area contributed by atoms with Crippen molar-refractivity contribution in [3.05, 3.63) is 77.7 Å². The largest absolute Gasteiger partial charge is 0.296 e. The molecule has 0 bridgehead atoms. The summed E-state index contributed by atoms with van der Waals surface area (Å²) in [6.45, 7) is 2.18. The van der Waals surface area contributed by atoms with Gasteiger partial charge >= 0.3 is 0 Å². The molecule has 3 heterocycles. The first-order valence-electron chi connectivity index (χ1n) is 8.27. The molecule has 0 atom stereocenters. The van der Waals surface area contributed by atoms with Crippen LogP contribution in [0.5, 0.6) is 0 Å². The van der Waals surface area contributed by atoms with E-state index in [1.54, 1.807) is 0 Å². The lowest BCUT2D eigenvalue weighted by molar-refractivity contribution is -0.660. The van der Waals surface area contributed by atoms with Gasteiger partial charge in [0, 0.05) is 18.6 Å². The van der Waals surface area contributed by atoms with E-state index >= 15 is 0 Å². The van der Waals surface area contributed by atoms with Crippen LogP contribution in [0, 0.1) is 6.92 Å². The number of benzene rings is 2. The smallest absolute Gasteiger partial charge is 0.212 e. The molecule has 0 spiro atoms. The van der Waals surface area contributed by atoms with Crippen LogP contribution in [0.2, 0.25) is 0 Å². The van der Waals surface area contributed by atoms with E-state index in [9.17, 15) is 0 Å². The minimum atomic E-state index is 0.915. The fourth-order valence-corrected chi connectivity index (χ4v) is 3.79. The van der Waals surface area contributed by atoms with Gasteiger partial charge in [0.25, 0.3) is 0 Å². The molecule has 2 aromatic carbocycles. The summed E-state index contributed by atoms with van der Waals surface area (Å²) in [6.07, 6.45) is 3.00. The molecule has 0 saturated carbocycles. The lowest BCUT2D eigenvalue weighted by atomic mass is 10.0. The summed E-state index contributed by atoms with van der Waals surface area (Å²) in [5, 5.41) is 0. The van der Waals surface area contributed by atoms with Crippen molar-refractivity contribution < 1.29 is 4.57 Å². The van der Waals surface area contributed by atoms with Crippen molar-refractivity contribution in [1.82, 2.24) is 9.55 Å². The minimum Gasteiger partial charge on any atom is -0.296 e. The van der Waals surface area contributed by atoms with Crippen LogP contribution in [-0.2, 0) is 13.5 Å². The van der Waals surface area contributed by atoms with Crippen molar-refractivity contribution in [2.75, 3.05) is 0 Å². The highest BCUT2D eigenvalue weighted by Gasteiger charge is 2.23. The number of aromatic nitrogens is 3. The van der Waals surface area contributed by atoms with Gasteiger partial charge in [0.15, 0.2) is 6.20 Å². The zero-order valence-electron chi connectivity index (χ0n) is 13.8. The highest BCUT2D eigenvalue weighted by Crippen LogP contribution is 2.34. The van der Waals surface area contributed by atoms with E-state index in [2.05, 4.69) is 83.9 Å². The zero-order chi connectivity index (χ0) is 16.3. The predicted octanol–water partition coefficient (Wildman–Crippen LogP) is 3.73. The lowest BCUT2D eigenvalue weighted by Gasteiger charge is -2.07. The van der Waals surface area contributed by atoms with Gasteiger partial charge in [0.05, 0.1) is 22.3 Å². The van der Waals surface area contributed by atoms with Crippen LogP contribution < -0.4 is 4.57 Å². The molecule has 4 aromatic rings. The maximum absolute atomic E-state index is 4.92. The van der Waals surface area contributed by atoms with Gasteiger partial charge in [0.1, 0.15) is 12.9 Å². The predicted molar refractivity (Wildman–Crippen MR) is 95.2 cm³/mol. The topological polar surface area (TPSA) is 21.7 Å². The molecule has 116 valence electrons. The number of nitrogens with zero attached hydrogens (tertiary/aromatic N) is 3. The van der Waals surface area contributed by atoms with Gasteiger partial charge in [-0.25, -0.2) is 9.55 Å². The van der Waals surface area contributed by atoms with Crippen LogP contribution in [0.25, 0.3) is 28.0 Å². The van der Waals surface area contributed by atoms with Crippen molar-refractivity contribution in [1.29, 1.82) is 0 Å². The van der Waals surface area contributed by atoms with Crippen molar-refractivity contribution in [3.63, 3.8) is 0 Å². The second-order valence-corrected chi connectivity index (χ2v) is 6.52. The molecule has 0 radical (unpaired) electrons. The molecule has 0 N–H and O–H groups in total. The summed E-state index contributed by atoms with van der Waals surface area (Å²) in [5.74, 6) is 1.14. The number of hydrogen-bond donors (Lipinski definition) is 0. The Kier molecular flexibility index (Phi) is 2.69. The summed E-state index contributed by atoms with van der Waals surface area (Å²) in [4.78, 5) is 4.92. The monoisotopic (exact) mass is 312 g/mol. The molecular formula is C21H18N3+. The Labute approximate surface area is 140 Å². The third-order valence-electron chi connectivity index (χ3n) is 4.98. The average molecular weight is 312 g/mol. The van der Waals surface area contributed by atoms with E-state index in [0.29, 0.717) is 0 Å². The van der Waals surface area contributed by atoms with Gasteiger partial charge in [-0.2, -0.15) is 0 Å². The number of pyridine rings is 1. The molecule has 5 rings (SSSR count). The Morgan fingerprint density at radius 2 is 1.88 bits per heavy atom. The molecule has 0 unspecified atom stereocenters. The summed E-state index contributed by atoms with van der Waals surface area (Å²) < 4.78 is 4.47. The van der Waals surface area contributed by atoms with Crippen LogP contribution in [-0.4, -0.2) is 9.55 Å². The second kappa shape index (κ2) is 4.78. The van der Waals surface area contributed by atoms with Crippen molar-refractivity contribution in [2.24, 2.45) is 7.05 Å². The third kappa shape index (κ3) is 1.78. The third-order valence-corrected chi connectivity index (χ3v) is 4.98. The highest BCUT2D eigenvalue weighted by molar-refractivity contribution is 5.86. The van der Waals surface area contributed by atoms with E-state index in [1.807, 2.05) is 0 Å². The van der Waals surface area contributed by atoms with E-state index in [1.165, 1.54) is 33.6 Å². The molecule has 0 aliphatic carbocycles. The molecule has 3 heteroatoms. The molecule has 1 aliphatic heterocycles. The minimum absolute atomic E-state index is 0.915. The fourth-order valence-electron chi connectivity index (χ4n) is 3.79. The van der Waals surface area contributed by atoms with Crippen LogP contribution in [0.15, 0.2) is 60.8 Å². The Balaban J connectivity index is 1.78. The van der Waals surface area contributed by atoms with E-state index in [-0.39, 0.29) is 0 Å². The van der Waals surface area contributed by atoms with E-state index in [4.69, 9.17) is 4.98 Å². The van der Waals surface area contributed by atoms with Crippen LogP contribution in [0.3, 0.4) is 0 Å². The van der Waals surface area contributed by atoms with Crippen LogP contribution in [0.1, 0.15) is 17.0 Å². The Morgan fingerprint density at radius 1 is 1.04 bits per heavy atom. The van der Waals surface area contributed by atoms with Gasteiger partial charge in [0.2, 0.25) is 5.69 Å². The Morgan fingerprint density at radius 3 is 2.75 bits per heavy atom. The van der Waals surface area contributed by atoms with Crippen molar-refractivity contribution in [2.45, 2.75) is 13.3 Å². The number of para-hydroxylation sites is 1. The van der Waals surface area contributed by atoms with Crippen molar-refractivity contribution >= 4 is 11.0 Å². The summed E-state index contributed by atoms with van der Waals surface area (Å²) in [5.41, 5.74) is 8.64. The molecular weight excluding hydrogens is 294 g/mol. The Bertz CT molecular complexity index is 1110. The van der Waals surface area contributed by atoms with Gasteiger partial charge < -0.3 is 0 Å². The molecule has 3 nitrogen and oxygen atoms in total. The van der Waals surface area contributed by atoms with E-state index in [0.717, 1.165) is 17.8 Å². The Hall–Kier alpha value is -2.94. The summed E-state index contributed by atoms with van der Waals surface area (Å²) >= 11 is 0. The number of hydrogen-bond acceptors (Lipinski definition) is 1. The number of imidazole rings is 1. The molecule has 24 heavy (non-hydrogen) atoms. The highest BCUT2D eigenvalue weighted by atomic mass is 15.1. The molecule has 0 fully saturated rings. The molecule has 0 saturated heterocycles. The first kappa shape index (κ1) is 13.5. The fraction of sp³-hybridized carbons (Fsp3) is 0.143. The summed E-state index contributed by atoms with van der Waals surface area (Å²) in [7, 11) is 2.09. The quantitative estimate of drug-likeness (QED) is 0.432. The van der Waals surface area contributed by atoms with Gasteiger partial charge in [-0.3, -0.25) is 4.57 Å². The molecule has 2 aromatic heterocycles. The second-order valence-electron chi connectivity index (χ2n) is 6.52. The van der Waals surface area contributed by atoms with E-state index < -0.39 is 0 Å². The van der Waals surface area contributed by atoms with Crippen molar-refractivity contribution in [3.8, 4) is 16.9 Å². The van der Waals surface area contributed by atoms with Gasteiger partial charge in [-0.15, -0.1) is 0 Å². The standard InChI is InChI=1S/C21H18N3/c1-14-11-20-17(13-16(14)19-9-5-6-10-23(19)2)22-21-12-15-7-3-4-8-18(15)24(20)21/h3-11,13H,12H2,1-2H3/q+1.